The Kier molecular flexibility index (Phi) is 3.74. The highest BCUT2D eigenvalue weighted by Gasteiger charge is 2.38. The first-order valence-electron chi connectivity index (χ1n) is 8.42. The fourth-order valence-corrected chi connectivity index (χ4v) is 3.50. The summed E-state index contributed by atoms with van der Waals surface area (Å²) >= 11 is 0. The normalized spacial score (nSPS) is 21.8. The first-order chi connectivity index (χ1) is 12.5. The standard InChI is InChI=1S/C20H18N4O2/c1-20(26)10-13(11-20)22-19-15-6-4-3-5-14(15)18(23-24-19)16-8-7-12(21-2)9-17(16)25/h3-9,13,25-26H,10-11H2,1H3,(H,22,24). The van der Waals surface area contributed by atoms with Gasteiger partial charge >= 0.3 is 0 Å². The Hall–Kier alpha value is -3.17. The molecule has 0 saturated heterocycles. The smallest absolute Gasteiger partial charge is 0.190 e. The molecular weight excluding hydrogens is 328 g/mol. The van der Waals surface area contributed by atoms with Crippen LogP contribution >= 0.6 is 0 Å². The number of hydrogen-bond acceptors (Lipinski definition) is 5. The summed E-state index contributed by atoms with van der Waals surface area (Å²) in [7, 11) is 0. The lowest BCUT2D eigenvalue weighted by Crippen LogP contribution is -2.48. The summed E-state index contributed by atoms with van der Waals surface area (Å²) in [5.41, 5.74) is 0.871. The molecule has 0 unspecified atom stereocenters. The lowest BCUT2D eigenvalue weighted by atomic mass is 9.77. The molecule has 1 heterocycles. The third kappa shape index (κ3) is 2.83. The number of nitrogens with zero attached hydrogens (tertiary/aromatic N) is 3. The number of aliphatic hydroxyl groups is 1. The number of phenols is 1. The molecule has 4 rings (SSSR count). The van der Waals surface area contributed by atoms with Crippen LogP contribution in [-0.2, 0) is 0 Å². The molecule has 0 radical (unpaired) electrons. The number of aromatic nitrogens is 2. The van der Waals surface area contributed by atoms with Gasteiger partial charge in [-0.15, -0.1) is 10.2 Å². The van der Waals surface area contributed by atoms with Crippen molar-refractivity contribution in [1.82, 2.24) is 10.2 Å². The van der Waals surface area contributed by atoms with Gasteiger partial charge < -0.3 is 15.5 Å². The van der Waals surface area contributed by atoms with Crippen LogP contribution in [0.5, 0.6) is 5.75 Å². The average Bonchev–Trinajstić information content (AvgIpc) is 2.61. The van der Waals surface area contributed by atoms with Gasteiger partial charge in [0, 0.05) is 22.4 Å². The summed E-state index contributed by atoms with van der Waals surface area (Å²) in [5.74, 6) is 0.677. The van der Waals surface area contributed by atoms with Crippen molar-refractivity contribution >= 4 is 22.3 Å². The van der Waals surface area contributed by atoms with E-state index in [0.29, 0.717) is 35.6 Å². The summed E-state index contributed by atoms with van der Waals surface area (Å²) in [5, 5.41) is 34.0. The monoisotopic (exact) mass is 346 g/mol. The van der Waals surface area contributed by atoms with Crippen molar-refractivity contribution in [3.8, 4) is 17.0 Å². The summed E-state index contributed by atoms with van der Waals surface area (Å²) < 4.78 is 0. The van der Waals surface area contributed by atoms with Crippen molar-refractivity contribution in [2.75, 3.05) is 5.32 Å². The Morgan fingerprint density at radius 2 is 1.88 bits per heavy atom. The van der Waals surface area contributed by atoms with Crippen LogP contribution in [0.1, 0.15) is 19.8 Å². The Morgan fingerprint density at radius 3 is 2.54 bits per heavy atom. The van der Waals surface area contributed by atoms with Crippen LogP contribution in [0, 0.1) is 6.57 Å². The maximum Gasteiger partial charge on any atom is 0.190 e. The fraction of sp³-hybridized carbons (Fsp3) is 0.250. The largest absolute Gasteiger partial charge is 0.509 e. The molecule has 6 heteroatoms. The van der Waals surface area contributed by atoms with E-state index in [2.05, 4.69) is 20.4 Å². The molecule has 1 aliphatic carbocycles. The fourth-order valence-electron chi connectivity index (χ4n) is 3.50. The number of fused-ring (bicyclic) bond motifs is 1. The van der Waals surface area contributed by atoms with Crippen molar-refractivity contribution in [2.24, 2.45) is 0 Å². The molecule has 1 fully saturated rings. The Bertz CT molecular complexity index is 1030. The van der Waals surface area contributed by atoms with Gasteiger partial charge in [0.2, 0.25) is 0 Å². The van der Waals surface area contributed by atoms with E-state index in [1.165, 1.54) is 6.07 Å². The van der Waals surface area contributed by atoms with E-state index in [4.69, 9.17) is 6.57 Å². The predicted octanol–water partition coefficient (Wildman–Crippen LogP) is 3.88. The first kappa shape index (κ1) is 16.3. The van der Waals surface area contributed by atoms with Gasteiger partial charge in [0.1, 0.15) is 11.4 Å². The molecule has 3 aromatic rings. The number of benzene rings is 2. The lowest BCUT2D eigenvalue weighted by Gasteiger charge is -2.41. The first-order valence-corrected chi connectivity index (χ1v) is 8.42. The van der Waals surface area contributed by atoms with Gasteiger partial charge in [-0.25, -0.2) is 4.85 Å². The van der Waals surface area contributed by atoms with Gasteiger partial charge in [-0.05, 0) is 25.8 Å². The zero-order valence-corrected chi connectivity index (χ0v) is 14.3. The number of nitrogens with one attached hydrogen (secondary N) is 1. The SMILES string of the molecule is [C-]#[N+]c1ccc(-c2nnc(NC3CC(C)(O)C3)c3ccccc23)c(O)c1. The number of rotatable bonds is 3. The molecular formula is C20H18N4O2. The summed E-state index contributed by atoms with van der Waals surface area (Å²) in [6, 6.07) is 12.7. The highest BCUT2D eigenvalue weighted by Crippen LogP contribution is 2.38. The summed E-state index contributed by atoms with van der Waals surface area (Å²) in [4.78, 5) is 3.33. The van der Waals surface area contributed by atoms with Gasteiger partial charge in [0.05, 0.1) is 12.2 Å². The van der Waals surface area contributed by atoms with Crippen molar-refractivity contribution in [1.29, 1.82) is 0 Å². The van der Waals surface area contributed by atoms with Crippen LogP contribution in [-0.4, -0.2) is 32.1 Å². The van der Waals surface area contributed by atoms with Gasteiger partial charge in [-0.3, -0.25) is 0 Å². The average molecular weight is 346 g/mol. The minimum atomic E-state index is -0.614. The number of anilines is 1. The van der Waals surface area contributed by atoms with Crippen molar-refractivity contribution < 1.29 is 10.2 Å². The predicted molar refractivity (Wildman–Crippen MR) is 100 cm³/mol. The molecule has 2 aromatic carbocycles. The molecule has 0 amide bonds. The number of aromatic hydroxyl groups is 1. The molecule has 3 N–H and O–H groups in total. The zero-order chi connectivity index (χ0) is 18.3. The molecule has 1 aromatic heterocycles. The van der Waals surface area contributed by atoms with Crippen LogP contribution in [0.25, 0.3) is 26.9 Å². The highest BCUT2D eigenvalue weighted by molar-refractivity contribution is 6.01. The Morgan fingerprint density at radius 1 is 1.15 bits per heavy atom. The van der Waals surface area contributed by atoms with Crippen molar-refractivity contribution in [3.05, 3.63) is 53.9 Å². The maximum atomic E-state index is 10.3. The van der Waals surface area contributed by atoms with E-state index in [0.717, 1.165) is 10.8 Å². The van der Waals surface area contributed by atoms with Crippen LogP contribution in [0.2, 0.25) is 0 Å². The Balaban J connectivity index is 1.76. The third-order valence-corrected chi connectivity index (χ3v) is 4.77. The molecule has 26 heavy (non-hydrogen) atoms. The minimum absolute atomic E-state index is 0.00806. The molecule has 6 nitrogen and oxygen atoms in total. The van der Waals surface area contributed by atoms with Crippen LogP contribution in [0.3, 0.4) is 0 Å². The van der Waals surface area contributed by atoms with Crippen molar-refractivity contribution in [2.45, 2.75) is 31.4 Å². The molecule has 1 aliphatic rings. The molecule has 0 bridgehead atoms. The quantitative estimate of drug-likeness (QED) is 0.627. The minimum Gasteiger partial charge on any atom is -0.509 e. The lowest BCUT2D eigenvalue weighted by molar-refractivity contribution is -0.0235. The van der Waals surface area contributed by atoms with Gasteiger partial charge in [-0.2, -0.15) is 0 Å². The summed E-state index contributed by atoms with van der Waals surface area (Å²) in [6.45, 7) is 8.88. The van der Waals surface area contributed by atoms with E-state index < -0.39 is 5.60 Å². The van der Waals surface area contributed by atoms with E-state index in [1.54, 1.807) is 12.1 Å². The van der Waals surface area contributed by atoms with Crippen molar-refractivity contribution in [3.63, 3.8) is 0 Å². The molecule has 0 atom stereocenters. The van der Waals surface area contributed by atoms with Crippen LogP contribution in [0.4, 0.5) is 11.5 Å². The second kappa shape index (κ2) is 5.97. The maximum absolute atomic E-state index is 10.3. The second-order valence-corrected chi connectivity index (χ2v) is 7.00. The summed E-state index contributed by atoms with van der Waals surface area (Å²) in [6.07, 6.45) is 1.34. The third-order valence-electron chi connectivity index (χ3n) is 4.77. The molecule has 0 aliphatic heterocycles. The highest BCUT2D eigenvalue weighted by atomic mass is 16.3. The second-order valence-electron chi connectivity index (χ2n) is 7.00. The zero-order valence-electron chi connectivity index (χ0n) is 14.3. The van der Waals surface area contributed by atoms with E-state index in [-0.39, 0.29) is 11.8 Å². The van der Waals surface area contributed by atoms with E-state index in [9.17, 15) is 10.2 Å². The number of hydrogen-bond donors (Lipinski definition) is 3. The van der Waals surface area contributed by atoms with Gasteiger partial charge in [-0.1, -0.05) is 36.4 Å². The molecule has 1 saturated carbocycles. The van der Waals surface area contributed by atoms with Gasteiger partial charge in [0.25, 0.3) is 0 Å². The van der Waals surface area contributed by atoms with Gasteiger partial charge in [0.15, 0.2) is 11.5 Å². The topological polar surface area (TPSA) is 82.6 Å². The van der Waals surface area contributed by atoms with E-state index >= 15 is 0 Å². The number of phenolic OH excluding ortho intramolecular Hbond substituents is 1. The Labute approximate surface area is 151 Å². The molecule has 0 spiro atoms. The molecule has 130 valence electrons. The van der Waals surface area contributed by atoms with Crippen LogP contribution < -0.4 is 5.32 Å². The van der Waals surface area contributed by atoms with Crippen LogP contribution in [0.15, 0.2) is 42.5 Å². The van der Waals surface area contributed by atoms with E-state index in [1.807, 2.05) is 31.2 Å².